The summed E-state index contributed by atoms with van der Waals surface area (Å²) in [4.78, 5) is 35.8. The zero-order chi connectivity index (χ0) is 22.2. The highest BCUT2D eigenvalue weighted by Gasteiger charge is 2.35. The Morgan fingerprint density at radius 3 is 2.78 bits per heavy atom. The Bertz CT molecular complexity index is 1160. The van der Waals surface area contributed by atoms with Crippen molar-refractivity contribution in [1.82, 2.24) is 14.3 Å². The lowest BCUT2D eigenvalue weighted by Crippen LogP contribution is -2.35. The van der Waals surface area contributed by atoms with Gasteiger partial charge in [-0.1, -0.05) is 30.0 Å². The van der Waals surface area contributed by atoms with Gasteiger partial charge in [0.25, 0.3) is 11.5 Å². The zero-order valence-corrected chi connectivity index (χ0v) is 19.7. The van der Waals surface area contributed by atoms with Crippen molar-refractivity contribution in [2.45, 2.75) is 45.1 Å². The lowest BCUT2D eigenvalue weighted by Gasteiger charge is -2.29. The van der Waals surface area contributed by atoms with E-state index in [4.69, 9.17) is 21.9 Å². The minimum absolute atomic E-state index is 0.0247. The van der Waals surface area contributed by atoms with Crippen LogP contribution in [0.3, 0.4) is 0 Å². The van der Waals surface area contributed by atoms with E-state index in [0.29, 0.717) is 32.8 Å². The van der Waals surface area contributed by atoms with Crippen LogP contribution in [0.1, 0.15) is 43.2 Å². The number of nitrogens with zero attached hydrogens (tertiary/aromatic N) is 4. The first-order chi connectivity index (χ1) is 15.5. The first kappa shape index (κ1) is 21.6. The summed E-state index contributed by atoms with van der Waals surface area (Å²) < 4.78 is 7.78. The van der Waals surface area contributed by atoms with Crippen LogP contribution in [-0.2, 0) is 9.53 Å². The molecule has 2 aromatic heterocycles. The highest BCUT2D eigenvalue weighted by Crippen LogP contribution is 2.34. The van der Waals surface area contributed by atoms with Crippen LogP contribution in [0.2, 0.25) is 0 Å². The van der Waals surface area contributed by atoms with Crippen LogP contribution in [0, 0.1) is 6.92 Å². The van der Waals surface area contributed by atoms with Gasteiger partial charge in [-0.2, -0.15) is 0 Å². The van der Waals surface area contributed by atoms with Gasteiger partial charge in [0.05, 0.1) is 23.1 Å². The van der Waals surface area contributed by atoms with Crippen molar-refractivity contribution in [2.24, 2.45) is 0 Å². The van der Waals surface area contributed by atoms with E-state index in [1.807, 2.05) is 19.1 Å². The molecule has 32 heavy (non-hydrogen) atoms. The molecule has 5 heterocycles. The zero-order valence-electron chi connectivity index (χ0n) is 18.1. The number of anilines is 1. The summed E-state index contributed by atoms with van der Waals surface area (Å²) in [5.41, 5.74) is 1.88. The summed E-state index contributed by atoms with van der Waals surface area (Å²) >= 11 is 6.74. The minimum atomic E-state index is -0.163. The Balaban J connectivity index is 1.57. The highest BCUT2D eigenvalue weighted by molar-refractivity contribution is 8.26. The second-order valence-electron chi connectivity index (χ2n) is 8.56. The van der Waals surface area contributed by atoms with Crippen molar-refractivity contribution in [1.29, 1.82) is 0 Å². The quantitative estimate of drug-likeness (QED) is 0.501. The molecule has 0 radical (unpaired) electrons. The molecule has 0 bridgehead atoms. The maximum atomic E-state index is 13.5. The number of thioether (sulfide) groups is 1. The predicted octanol–water partition coefficient (Wildman–Crippen LogP) is 3.37. The monoisotopic (exact) mass is 470 g/mol. The number of pyridine rings is 1. The number of fused-ring (bicyclic) bond motifs is 1. The van der Waals surface area contributed by atoms with E-state index >= 15 is 0 Å². The molecule has 3 fully saturated rings. The van der Waals surface area contributed by atoms with E-state index in [2.05, 4.69) is 4.90 Å². The molecule has 3 aliphatic rings. The van der Waals surface area contributed by atoms with Crippen molar-refractivity contribution in [2.75, 3.05) is 31.1 Å². The van der Waals surface area contributed by atoms with Crippen LogP contribution in [0.15, 0.2) is 28.0 Å². The highest BCUT2D eigenvalue weighted by atomic mass is 32.2. The molecule has 2 aromatic rings. The molecular formula is C23H26N4O3S2. The number of aromatic nitrogens is 2. The van der Waals surface area contributed by atoms with E-state index in [1.54, 1.807) is 21.6 Å². The van der Waals surface area contributed by atoms with Gasteiger partial charge in [-0.3, -0.25) is 18.9 Å². The Labute approximate surface area is 196 Å². The molecule has 0 saturated carbocycles. The van der Waals surface area contributed by atoms with Crippen LogP contribution in [0.4, 0.5) is 5.82 Å². The Morgan fingerprint density at radius 2 is 2.03 bits per heavy atom. The molecular weight excluding hydrogens is 444 g/mol. The number of carbonyl (C=O) groups is 1. The third kappa shape index (κ3) is 4.09. The molecule has 5 rings (SSSR count). The minimum Gasteiger partial charge on any atom is -0.376 e. The van der Waals surface area contributed by atoms with Gasteiger partial charge in [-0.25, -0.2) is 4.98 Å². The van der Waals surface area contributed by atoms with Crippen LogP contribution in [0.25, 0.3) is 11.7 Å². The average molecular weight is 471 g/mol. The van der Waals surface area contributed by atoms with Gasteiger partial charge in [0, 0.05) is 25.9 Å². The number of ether oxygens (including phenoxy) is 1. The van der Waals surface area contributed by atoms with E-state index in [0.717, 1.165) is 50.9 Å². The first-order valence-electron chi connectivity index (χ1n) is 11.2. The fourth-order valence-corrected chi connectivity index (χ4v) is 5.76. The number of amides is 1. The molecule has 9 heteroatoms. The van der Waals surface area contributed by atoms with Crippen LogP contribution >= 0.6 is 24.0 Å². The lowest BCUT2D eigenvalue weighted by molar-refractivity contribution is -0.123. The van der Waals surface area contributed by atoms with Gasteiger partial charge in [0.2, 0.25) is 0 Å². The van der Waals surface area contributed by atoms with Crippen molar-refractivity contribution in [3.05, 3.63) is 44.7 Å². The van der Waals surface area contributed by atoms with Crippen LogP contribution < -0.4 is 10.5 Å². The Hall–Kier alpha value is -2.23. The third-order valence-electron chi connectivity index (χ3n) is 6.20. The number of hydrogen-bond acceptors (Lipinski definition) is 7. The number of rotatable bonds is 4. The van der Waals surface area contributed by atoms with E-state index in [9.17, 15) is 9.59 Å². The maximum Gasteiger partial charge on any atom is 0.267 e. The molecule has 0 N–H and O–H groups in total. The number of carbonyl (C=O) groups excluding carboxylic acids is 1. The molecule has 168 valence electrons. The predicted molar refractivity (Wildman–Crippen MR) is 131 cm³/mol. The van der Waals surface area contributed by atoms with Crippen molar-refractivity contribution >= 4 is 51.7 Å². The second kappa shape index (κ2) is 8.96. The van der Waals surface area contributed by atoms with Gasteiger partial charge >= 0.3 is 0 Å². The summed E-state index contributed by atoms with van der Waals surface area (Å²) in [6.07, 6.45) is 8.78. The number of aryl methyl sites for hydroxylation is 1. The van der Waals surface area contributed by atoms with Gasteiger partial charge in [0.1, 0.15) is 15.8 Å². The Morgan fingerprint density at radius 1 is 1.22 bits per heavy atom. The molecule has 0 aromatic carbocycles. The Kier molecular flexibility index (Phi) is 6.05. The summed E-state index contributed by atoms with van der Waals surface area (Å²) in [6.45, 7) is 4.85. The second-order valence-corrected chi connectivity index (χ2v) is 10.2. The smallest absolute Gasteiger partial charge is 0.267 e. The van der Waals surface area contributed by atoms with Crippen LogP contribution in [-0.4, -0.2) is 56.9 Å². The van der Waals surface area contributed by atoms with Crippen LogP contribution in [0.5, 0.6) is 0 Å². The van der Waals surface area contributed by atoms with Crippen molar-refractivity contribution in [3.8, 4) is 0 Å². The van der Waals surface area contributed by atoms with Gasteiger partial charge in [0.15, 0.2) is 0 Å². The van der Waals surface area contributed by atoms with Gasteiger partial charge < -0.3 is 9.64 Å². The number of thiocarbonyl (C=S) groups is 1. The molecule has 0 spiro atoms. The molecule has 0 aliphatic carbocycles. The standard InChI is InChI=1S/C23H26N4O3S2/c1-15-7-8-19-24-20(25-9-3-2-4-10-25)17(21(28)26(19)13-15)12-18-22(29)27(23(31)32-18)14-16-6-5-11-30-16/h7-8,12-13,16H,2-6,9-11,14H2,1H3/b18-12-/t16-/m0/s1. The van der Waals surface area contributed by atoms with E-state index in [-0.39, 0.29) is 17.6 Å². The maximum absolute atomic E-state index is 13.5. The summed E-state index contributed by atoms with van der Waals surface area (Å²) in [5, 5.41) is 0. The van der Waals surface area contributed by atoms with Gasteiger partial charge in [-0.05, 0) is 56.7 Å². The number of hydrogen-bond donors (Lipinski definition) is 0. The third-order valence-corrected chi connectivity index (χ3v) is 7.58. The fraction of sp³-hybridized carbons (Fsp3) is 0.478. The van der Waals surface area contributed by atoms with Gasteiger partial charge in [-0.15, -0.1) is 0 Å². The molecule has 3 saturated heterocycles. The fourth-order valence-electron chi connectivity index (χ4n) is 4.50. The van der Waals surface area contributed by atoms with Crippen molar-refractivity contribution < 1.29 is 9.53 Å². The molecule has 0 unspecified atom stereocenters. The SMILES string of the molecule is Cc1ccc2nc(N3CCCCC3)c(/C=C3\SC(=S)N(C[C@@H]4CCCO4)C3=O)c(=O)n2c1. The molecule has 1 atom stereocenters. The summed E-state index contributed by atoms with van der Waals surface area (Å²) in [6, 6.07) is 3.83. The normalized spacial score (nSPS) is 23.2. The first-order valence-corrected chi connectivity index (χ1v) is 12.4. The molecule has 1 amide bonds. The van der Waals surface area contributed by atoms with E-state index < -0.39 is 0 Å². The topological polar surface area (TPSA) is 67.2 Å². The summed E-state index contributed by atoms with van der Waals surface area (Å²) in [5.74, 6) is 0.497. The molecule has 3 aliphatic heterocycles. The van der Waals surface area contributed by atoms with Crippen molar-refractivity contribution in [3.63, 3.8) is 0 Å². The number of piperidine rings is 1. The average Bonchev–Trinajstić information content (AvgIpc) is 3.40. The lowest BCUT2D eigenvalue weighted by atomic mass is 10.1. The summed E-state index contributed by atoms with van der Waals surface area (Å²) in [7, 11) is 0. The van der Waals surface area contributed by atoms with E-state index in [1.165, 1.54) is 18.2 Å². The largest absolute Gasteiger partial charge is 0.376 e. The molecule has 7 nitrogen and oxygen atoms in total.